The zero-order valence-electron chi connectivity index (χ0n) is 17.4. The van der Waals surface area contributed by atoms with Crippen LogP contribution in [0.15, 0.2) is 53.4 Å². The second kappa shape index (κ2) is 11.1. The molecule has 1 aliphatic heterocycles. The summed E-state index contributed by atoms with van der Waals surface area (Å²) in [6, 6.07) is 12.4. The van der Waals surface area contributed by atoms with Crippen LogP contribution in [0.2, 0.25) is 5.02 Å². The highest BCUT2D eigenvalue weighted by atomic mass is 35.5. The van der Waals surface area contributed by atoms with Crippen LogP contribution < -0.4 is 5.32 Å². The molecule has 172 valence electrons. The Bertz CT molecular complexity index is 1200. The topological polar surface area (TPSA) is 126 Å². The van der Waals surface area contributed by atoms with Gasteiger partial charge in [-0.3, -0.25) is 4.79 Å². The van der Waals surface area contributed by atoms with Crippen molar-refractivity contribution in [3.63, 3.8) is 0 Å². The minimum atomic E-state index is -3.60. The number of carbonyl (C=O) groups is 2. The molecule has 0 spiro atoms. The van der Waals surface area contributed by atoms with Crippen molar-refractivity contribution in [1.29, 1.82) is 5.26 Å². The highest BCUT2D eigenvalue weighted by Gasteiger charge is 2.25. The van der Waals surface area contributed by atoms with Crippen LogP contribution in [0.4, 0.5) is 5.69 Å². The lowest BCUT2D eigenvalue weighted by atomic mass is 10.2. The SMILES string of the molecule is N#Cc1ccc(Cl)cc1NC(=O)COC(=O)C=Cc1ccc(S(=O)(=O)N2CCOCC2)cc1. The third-order valence-electron chi connectivity index (χ3n) is 4.62. The minimum absolute atomic E-state index is 0.151. The Kier molecular flexibility index (Phi) is 8.19. The Balaban J connectivity index is 1.53. The standard InChI is InChI=1S/C22H20ClN3O6S/c23-18-5-4-17(14-24)20(13-18)25-21(27)15-32-22(28)8-3-16-1-6-19(7-2-16)33(29,30)26-9-11-31-12-10-26/h1-8,13H,9-12,15H2,(H,25,27). The zero-order chi connectivity index (χ0) is 23.8. The molecule has 2 aromatic carbocycles. The molecule has 0 aliphatic carbocycles. The van der Waals surface area contributed by atoms with Crippen LogP contribution in [0.5, 0.6) is 0 Å². The van der Waals surface area contributed by atoms with Crippen LogP contribution in [-0.2, 0) is 29.1 Å². The summed E-state index contributed by atoms with van der Waals surface area (Å²) in [6.07, 6.45) is 2.56. The molecule has 1 N–H and O–H groups in total. The molecule has 1 heterocycles. The number of halogens is 1. The number of morpholine rings is 1. The fourth-order valence-electron chi connectivity index (χ4n) is 2.94. The van der Waals surface area contributed by atoms with Crippen molar-refractivity contribution < 1.29 is 27.5 Å². The van der Waals surface area contributed by atoms with Crippen LogP contribution in [0.3, 0.4) is 0 Å². The summed E-state index contributed by atoms with van der Waals surface area (Å²) in [5.74, 6) is -1.39. The van der Waals surface area contributed by atoms with Crippen molar-refractivity contribution in [1.82, 2.24) is 4.31 Å². The van der Waals surface area contributed by atoms with Gasteiger partial charge in [0.05, 0.1) is 29.4 Å². The highest BCUT2D eigenvalue weighted by molar-refractivity contribution is 7.89. The van der Waals surface area contributed by atoms with Gasteiger partial charge in [0.15, 0.2) is 6.61 Å². The van der Waals surface area contributed by atoms with Gasteiger partial charge in [-0.25, -0.2) is 13.2 Å². The molecule has 1 amide bonds. The van der Waals surface area contributed by atoms with E-state index in [9.17, 15) is 18.0 Å². The van der Waals surface area contributed by atoms with Gasteiger partial charge < -0.3 is 14.8 Å². The first kappa shape index (κ1) is 24.4. The molecule has 0 radical (unpaired) electrons. The van der Waals surface area contributed by atoms with Crippen molar-refractivity contribution in [2.24, 2.45) is 0 Å². The maximum Gasteiger partial charge on any atom is 0.331 e. The van der Waals surface area contributed by atoms with E-state index in [0.717, 1.165) is 6.08 Å². The van der Waals surface area contributed by atoms with E-state index in [1.165, 1.54) is 40.7 Å². The van der Waals surface area contributed by atoms with Gasteiger partial charge in [0.2, 0.25) is 10.0 Å². The number of sulfonamides is 1. The first-order valence-electron chi connectivity index (χ1n) is 9.82. The lowest BCUT2D eigenvalue weighted by Gasteiger charge is -2.26. The fraction of sp³-hybridized carbons (Fsp3) is 0.227. The van der Waals surface area contributed by atoms with Crippen LogP contribution in [0.25, 0.3) is 6.08 Å². The third-order valence-corrected chi connectivity index (χ3v) is 6.77. The fourth-order valence-corrected chi connectivity index (χ4v) is 4.52. The lowest BCUT2D eigenvalue weighted by molar-refractivity contribution is -0.142. The highest BCUT2D eigenvalue weighted by Crippen LogP contribution is 2.20. The van der Waals surface area contributed by atoms with Gasteiger partial charge in [-0.2, -0.15) is 9.57 Å². The number of carbonyl (C=O) groups excluding carboxylic acids is 2. The molecule has 1 aliphatic rings. The molecule has 0 atom stereocenters. The van der Waals surface area contributed by atoms with E-state index >= 15 is 0 Å². The molecular formula is C22H20ClN3O6S. The van der Waals surface area contributed by atoms with Gasteiger partial charge in [-0.05, 0) is 42.0 Å². The number of esters is 1. The molecule has 3 rings (SSSR count). The first-order valence-corrected chi connectivity index (χ1v) is 11.6. The van der Waals surface area contributed by atoms with Gasteiger partial charge in [-0.15, -0.1) is 0 Å². The van der Waals surface area contributed by atoms with E-state index in [1.807, 2.05) is 6.07 Å². The van der Waals surface area contributed by atoms with Crippen LogP contribution in [-0.4, -0.2) is 57.5 Å². The number of rotatable bonds is 7. The summed E-state index contributed by atoms with van der Waals surface area (Å²) in [7, 11) is -3.60. The van der Waals surface area contributed by atoms with Crippen molar-refractivity contribution in [2.45, 2.75) is 4.90 Å². The molecule has 0 saturated carbocycles. The maximum atomic E-state index is 12.6. The Morgan fingerprint density at radius 2 is 1.88 bits per heavy atom. The van der Waals surface area contributed by atoms with E-state index in [2.05, 4.69) is 5.32 Å². The summed E-state index contributed by atoms with van der Waals surface area (Å²) in [5.41, 5.74) is 1.02. The summed E-state index contributed by atoms with van der Waals surface area (Å²) in [5, 5.41) is 11.9. The molecule has 0 aromatic heterocycles. The summed E-state index contributed by atoms with van der Waals surface area (Å²) < 4.78 is 36.7. The second-order valence-corrected chi connectivity index (χ2v) is 9.25. The Morgan fingerprint density at radius 3 is 2.55 bits per heavy atom. The van der Waals surface area contributed by atoms with Crippen LogP contribution in [0, 0.1) is 11.3 Å². The van der Waals surface area contributed by atoms with E-state index < -0.39 is 28.5 Å². The van der Waals surface area contributed by atoms with Crippen LogP contribution in [0.1, 0.15) is 11.1 Å². The number of hydrogen-bond donors (Lipinski definition) is 1. The van der Waals surface area contributed by atoms with E-state index in [0.29, 0.717) is 36.9 Å². The monoisotopic (exact) mass is 489 g/mol. The van der Waals surface area contributed by atoms with Gasteiger partial charge >= 0.3 is 5.97 Å². The van der Waals surface area contributed by atoms with E-state index in [-0.39, 0.29) is 16.1 Å². The number of nitrogens with zero attached hydrogens (tertiary/aromatic N) is 2. The number of anilines is 1. The summed E-state index contributed by atoms with van der Waals surface area (Å²) in [4.78, 5) is 24.1. The van der Waals surface area contributed by atoms with Gasteiger partial charge in [0.1, 0.15) is 6.07 Å². The van der Waals surface area contributed by atoms with E-state index in [4.69, 9.17) is 26.3 Å². The predicted octanol–water partition coefficient (Wildman–Crippen LogP) is 2.43. The normalized spacial score (nSPS) is 14.5. The third kappa shape index (κ3) is 6.63. The van der Waals surface area contributed by atoms with E-state index in [1.54, 1.807) is 12.1 Å². The Hall–Kier alpha value is -3.23. The smallest absolute Gasteiger partial charge is 0.331 e. The predicted molar refractivity (Wildman–Crippen MR) is 121 cm³/mol. The largest absolute Gasteiger partial charge is 0.452 e. The number of nitriles is 1. The summed E-state index contributed by atoms with van der Waals surface area (Å²) >= 11 is 5.86. The zero-order valence-corrected chi connectivity index (χ0v) is 18.9. The molecule has 33 heavy (non-hydrogen) atoms. The molecule has 0 bridgehead atoms. The van der Waals surface area contributed by atoms with Gasteiger partial charge in [0, 0.05) is 24.2 Å². The van der Waals surface area contributed by atoms with Crippen molar-refractivity contribution >= 4 is 45.3 Å². The molecule has 0 unspecified atom stereocenters. The van der Waals surface area contributed by atoms with Crippen molar-refractivity contribution in [3.05, 3.63) is 64.7 Å². The molecule has 2 aromatic rings. The molecule has 1 saturated heterocycles. The van der Waals surface area contributed by atoms with Crippen molar-refractivity contribution in [3.8, 4) is 6.07 Å². The minimum Gasteiger partial charge on any atom is -0.452 e. The molecular weight excluding hydrogens is 470 g/mol. The van der Waals surface area contributed by atoms with Gasteiger partial charge in [-0.1, -0.05) is 23.7 Å². The Labute approximate surface area is 196 Å². The number of benzene rings is 2. The average molecular weight is 490 g/mol. The van der Waals surface area contributed by atoms with Crippen LogP contribution >= 0.6 is 11.6 Å². The second-order valence-electron chi connectivity index (χ2n) is 6.88. The number of amides is 1. The van der Waals surface area contributed by atoms with Crippen molar-refractivity contribution in [2.75, 3.05) is 38.2 Å². The molecule has 11 heteroatoms. The number of ether oxygens (including phenoxy) is 2. The average Bonchev–Trinajstić information content (AvgIpc) is 2.82. The molecule has 9 nitrogen and oxygen atoms in total. The number of hydrogen-bond acceptors (Lipinski definition) is 7. The number of nitrogens with one attached hydrogen (secondary N) is 1. The Morgan fingerprint density at radius 1 is 1.18 bits per heavy atom. The first-order chi connectivity index (χ1) is 15.8. The lowest BCUT2D eigenvalue weighted by Crippen LogP contribution is -2.40. The van der Waals surface area contributed by atoms with Gasteiger partial charge in [0.25, 0.3) is 5.91 Å². The molecule has 1 fully saturated rings. The quantitative estimate of drug-likeness (QED) is 0.467. The summed E-state index contributed by atoms with van der Waals surface area (Å²) in [6.45, 7) is 0.770. The maximum absolute atomic E-state index is 12.6.